The van der Waals surface area contributed by atoms with Crippen LogP contribution in [0.3, 0.4) is 0 Å². The number of thiazole rings is 1. The van der Waals surface area contributed by atoms with Crippen molar-refractivity contribution in [2.24, 2.45) is 0 Å². The van der Waals surface area contributed by atoms with Crippen molar-refractivity contribution in [1.29, 1.82) is 0 Å². The van der Waals surface area contributed by atoms with E-state index in [1.165, 1.54) is 12.8 Å². The van der Waals surface area contributed by atoms with Gasteiger partial charge < -0.3 is 5.32 Å². The summed E-state index contributed by atoms with van der Waals surface area (Å²) in [5.74, 6) is 0. The molecule has 0 fully saturated rings. The lowest BCUT2D eigenvalue weighted by Crippen LogP contribution is -2.00. The lowest BCUT2D eigenvalue weighted by molar-refractivity contribution is 0.833. The highest BCUT2D eigenvalue weighted by Gasteiger charge is 2.07. The Bertz CT molecular complexity index is 520. The Balaban J connectivity index is 2.13. The summed E-state index contributed by atoms with van der Waals surface area (Å²) in [5, 5.41) is 6.44. The van der Waals surface area contributed by atoms with Gasteiger partial charge in [0.15, 0.2) is 5.13 Å². The van der Waals surface area contributed by atoms with Gasteiger partial charge in [-0.2, -0.15) is 0 Å². The molecule has 0 atom stereocenters. The van der Waals surface area contributed by atoms with Gasteiger partial charge in [-0.25, -0.2) is 4.98 Å². The van der Waals surface area contributed by atoms with Gasteiger partial charge in [0, 0.05) is 28.9 Å². The van der Waals surface area contributed by atoms with Crippen LogP contribution in [-0.2, 0) is 0 Å². The predicted octanol–water partition coefficient (Wildman–Crippen LogP) is 4.03. The molecule has 0 amide bonds. The van der Waals surface area contributed by atoms with E-state index in [1.54, 1.807) is 11.3 Å². The van der Waals surface area contributed by atoms with E-state index in [0.717, 1.165) is 34.3 Å². The van der Waals surface area contributed by atoms with E-state index in [1.807, 2.05) is 19.9 Å². The lowest BCUT2D eigenvalue weighted by Gasteiger charge is -2.03. The average Bonchev–Trinajstić information content (AvgIpc) is 2.78. The summed E-state index contributed by atoms with van der Waals surface area (Å²) in [6.45, 7) is 7.23. The van der Waals surface area contributed by atoms with Crippen molar-refractivity contribution in [3.05, 3.63) is 28.9 Å². The Morgan fingerprint density at radius 2 is 2.06 bits per heavy atom. The molecule has 0 bridgehead atoms. The minimum absolute atomic E-state index is 0.995. The highest BCUT2D eigenvalue weighted by atomic mass is 32.1. The van der Waals surface area contributed by atoms with Crippen LogP contribution in [0.1, 0.15) is 31.2 Å². The summed E-state index contributed by atoms with van der Waals surface area (Å²) < 4.78 is 0. The number of hydrogen-bond donors (Lipinski definition) is 1. The van der Waals surface area contributed by atoms with Crippen LogP contribution >= 0.6 is 11.3 Å². The molecule has 18 heavy (non-hydrogen) atoms. The van der Waals surface area contributed by atoms with E-state index in [0.29, 0.717) is 0 Å². The maximum atomic E-state index is 4.61. The molecular formula is C14H19N3S. The third-order valence-electron chi connectivity index (χ3n) is 2.81. The molecule has 0 saturated carbocycles. The van der Waals surface area contributed by atoms with Gasteiger partial charge in [-0.1, -0.05) is 13.3 Å². The predicted molar refractivity (Wildman–Crippen MR) is 78.2 cm³/mol. The molecule has 0 saturated heterocycles. The molecule has 0 aliphatic carbocycles. The van der Waals surface area contributed by atoms with E-state index in [4.69, 9.17) is 0 Å². The summed E-state index contributed by atoms with van der Waals surface area (Å²) in [5.41, 5.74) is 4.23. The number of unbranched alkanes of at least 4 members (excludes halogenated alkanes) is 1. The maximum Gasteiger partial charge on any atom is 0.183 e. The van der Waals surface area contributed by atoms with Crippen molar-refractivity contribution in [3.63, 3.8) is 0 Å². The first-order valence-corrected chi connectivity index (χ1v) is 7.22. The van der Waals surface area contributed by atoms with Crippen LogP contribution in [0.5, 0.6) is 0 Å². The van der Waals surface area contributed by atoms with E-state index < -0.39 is 0 Å². The fraction of sp³-hybridized carbons (Fsp3) is 0.429. The molecule has 4 heteroatoms. The van der Waals surface area contributed by atoms with Gasteiger partial charge in [0.05, 0.1) is 5.69 Å². The van der Waals surface area contributed by atoms with Gasteiger partial charge in [-0.3, -0.25) is 4.98 Å². The SMILES string of the molecule is CCCCNc1nc(-c2ccc(C)nc2C)cs1. The average molecular weight is 261 g/mol. The third kappa shape index (κ3) is 3.07. The fourth-order valence-electron chi connectivity index (χ4n) is 1.81. The van der Waals surface area contributed by atoms with Gasteiger partial charge in [-0.15, -0.1) is 11.3 Å². The molecule has 96 valence electrons. The maximum absolute atomic E-state index is 4.61. The van der Waals surface area contributed by atoms with E-state index in [-0.39, 0.29) is 0 Å². The van der Waals surface area contributed by atoms with Crippen LogP contribution in [-0.4, -0.2) is 16.5 Å². The Hall–Kier alpha value is -1.42. The molecule has 2 heterocycles. The summed E-state index contributed by atoms with van der Waals surface area (Å²) in [6.07, 6.45) is 2.38. The first kappa shape index (κ1) is 13.0. The number of rotatable bonds is 5. The molecule has 0 aliphatic heterocycles. The molecule has 2 rings (SSSR count). The number of aromatic nitrogens is 2. The first-order valence-electron chi connectivity index (χ1n) is 6.34. The van der Waals surface area contributed by atoms with Crippen LogP contribution in [0.15, 0.2) is 17.5 Å². The molecule has 2 aromatic rings. The van der Waals surface area contributed by atoms with Crippen LogP contribution in [0.25, 0.3) is 11.3 Å². The number of nitrogens with zero attached hydrogens (tertiary/aromatic N) is 2. The third-order valence-corrected chi connectivity index (χ3v) is 3.61. The molecule has 2 aromatic heterocycles. The van der Waals surface area contributed by atoms with Gasteiger partial charge in [-0.05, 0) is 32.4 Å². The molecular weight excluding hydrogens is 242 g/mol. The molecule has 0 aliphatic rings. The normalized spacial score (nSPS) is 10.6. The van der Waals surface area contributed by atoms with Crippen molar-refractivity contribution in [2.75, 3.05) is 11.9 Å². The Morgan fingerprint density at radius 3 is 2.78 bits per heavy atom. The number of anilines is 1. The fourth-order valence-corrected chi connectivity index (χ4v) is 2.55. The largest absolute Gasteiger partial charge is 0.362 e. The summed E-state index contributed by atoms with van der Waals surface area (Å²) in [4.78, 5) is 9.09. The monoisotopic (exact) mass is 261 g/mol. The zero-order valence-corrected chi connectivity index (χ0v) is 12.0. The van der Waals surface area contributed by atoms with Crippen molar-refractivity contribution < 1.29 is 0 Å². The van der Waals surface area contributed by atoms with Crippen LogP contribution < -0.4 is 5.32 Å². The molecule has 3 nitrogen and oxygen atoms in total. The zero-order valence-electron chi connectivity index (χ0n) is 11.2. The molecule has 1 N–H and O–H groups in total. The molecule has 0 unspecified atom stereocenters. The Morgan fingerprint density at radius 1 is 1.22 bits per heavy atom. The Labute approximate surface area is 112 Å². The van der Waals surface area contributed by atoms with Gasteiger partial charge in [0.2, 0.25) is 0 Å². The minimum atomic E-state index is 0.995. The standard InChI is InChI=1S/C14H19N3S/c1-4-5-8-15-14-17-13(9-18-14)12-7-6-10(2)16-11(12)3/h6-7,9H,4-5,8H2,1-3H3,(H,15,17). The number of pyridine rings is 1. The summed E-state index contributed by atoms with van der Waals surface area (Å²) >= 11 is 1.66. The minimum Gasteiger partial charge on any atom is -0.362 e. The van der Waals surface area contributed by atoms with Crippen molar-refractivity contribution in [3.8, 4) is 11.3 Å². The van der Waals surface area contributed by atoms with Crippen molar-refractivity contribution in [2.45, 2.75) is 33.6 Å². The van der Waals surface area contributed by atoms with E-state index in [2.05, 4.69) is 33.7 Å². The van der Waals surface area contributed by atoms with E-state index >= 15 is 0 Å². The molecule has 0 spiro atoms. The molecule has 0 radical (unpaired) electrons. The highest BCUT2D eigenvalue weighted by molar-refractivity contribution is 7.14. The second kappa shape index (κ2) is 5.96. The zero-order chi connectivity index (χ0) is 13.0. The molecule has 0 aromatic carbocycles. The number of aryl methyl sites for hydroxylation is 2. The smallest absolute Gasteiger partial charge is 0.183 e. The van der Waals surface area contributed by atoms with Crippen LogP contribution in [0.4, 0.5) is 5.13 Å². The summed E-state index contributed by atoms with van der Waals surface area (Å²) in [6, 6.07) is 4.13. The van der Waals surface area contributed by atoms with Gasteiger partial charge in [0.1, 0.15) is 0 Å². The second-order valence-corrected chi connectivity index (χ2v) is 5.26. The van der Waals surface area contributed by atoms with Gasteiger partial charge in [0.25, 0.3) is 0 Å². The Kier molecular flexibility index (Phi) is 4.31. The van der Waals surface area contributed by atoms with Crippen LogP contribution in [0.2, 0.25) is 0 Å². The quantitative estimate of drug-likeness (QED) is 0.826. The van der Waals surface area contributed by atoms with Crippen LogP contribution in [0, 0.1) is 13.8 Å². The van der Waals surface area contributed by atoms with Crippen molar-refractivity contribution >= 4 is 16.5 Å². The summed E-state index contributed by atoms with van der Waals surface area (Å²) in [7, 11) is 0. The van der Waals surface area contributed by atoms with Crippen molar-refractivity contribution in [1.82, 2.24) is 9.97 Å². The topological polar surface area (TPSA) is 37.8 Å². The second-order valence-electron chi connectivity index (χ2n) is 4.40. The van der Waals surface area contributed by atoms with Gasteiger partial charge >= 0.3 is 0 Å². The lowest BCUT2D eigenvalue weighted by atomic mass is 10.1. The van der Waals surface area contributed by atoms with E-state index in [9.17, 15) is 0 Å². The number of nitrogens with one attached hydrogen (secondary N) is 1. The number of hydrogen-bond acceptors (Lipinski definition) is 4. The first-order chi connectivity index (χ1) is 8.70. The highest BCUT2D eigenvalue weighted by Crippen LogP contribution is 2.26.